The maximum absolute atomic E-state index is 6.22. The Morgan fingerprint density at radius 3 is 2.22 bits per heavy atom. The molecular formula is C20H25NOSi. The van der Waals surface area contributed by atoms with Crippen molar-refractivity contribution in [2.24, 2.45) is 0 Å². The summed E-state index contributed by atoms with van der Waals surface area (Å²) < 4.78 is 6.22. The van der Waals surface area contributed by atoms with E-state index < -0.39 is 8.07 Å². The molecule has 23 heavy (non-hydrogen) atoms. The highest BCUT2D eigenvalue weighted by Crippen LogP contribution is 2.32. The second-order valence-corrected chi connectivity index (χ2v) is 11.4. The number of hydrogen-bond donors (Lipinski definition) is 0. The van der Waals surface area contributed by atoms with Crippen LogP contribution in [-0.4, -0.2) is 38.4 Å². The van der Waals surface area contributed by atoms with Gasteiger partial charge in [-0.2, -0.15) is 0 Å². The molecule has 0 aromatic heterocycles. The van der Waals surface area contributed by atoms with Crippen LogP contribution in [0.3, 0.4) is 0 Å². The molecule has 0 saturated carbocycles. The van der Waals surface area contributed by atoms with E-state index in [2.05, 4.69) is 72.1 Å². The van der Waals surface area contributed by atoms with Gasteiger partial charge < -0.3 is 4.74 Å². The lowest BCUT2D eigenvalue weighted by atomic mass is 10.1. The molecule has 4 rings (SSSR count). The van der Waals surface area contributed by atoms with Crippen LogP contribution in [0.2, 0.25) is 12.6 Å². The number of rotatable bonds is 4. The quantitative estimate of drug-likeness (QED) is 0.802. The molecule has 0 spiro atoms. The van der Waals surface area contributed by atoms with Gasteiger partial charge in [0.15, 0.2) is 0 Å². The Morgan fingerprint density at radius 1 is 1.00 bits per heavy atom. The van der Waals surface area contributed by atoms with Gasteiger partial charge in [0.05, 0.1) is 12.8 Å². The van der Waals surface area contributed by atoms with Crippen molar-refractivity contribution in [3.05, 3.63) is 60.7 Å². The Balaban J connectivity index is 1.69. The van der Waals surface area contributed by atoms with E-state index >= 15 is 0 Å². The summed E-state index contributed by atoms with van der Waals surface area (Å²) in [7, 11) is -1.78. The van der Waals surface area contributed by atoms with Gasteiger partial charge in [0.1, 0.15) is 8.07 Å². The van der Waals surface area contributed by atoms with Crippen LogP contribution in [0.15, 0.2) is 60.7 Å². The summed E-state index contributed by atoms with van der Waals surface area (Å²) in [6.45, 7) is 4.57. The minimum atomic E-state index is -1.78. The SMILES string of the molecule is C[Si](C[C@H]1OCN2CCC[C@@H]12)(c1ccccc1)c1ccccc1. The van der Waals surface area contributed by atoms with Crippen LogP contribution >= 0.6 is 0 Å². The van der Waals surface area contributed by atoms with Crippen LogP contribution in [0.5, 0.6) is 0 Å². The Kier molecular flexibility index (Phi) is 4.10. The van der Waals surface area contributed by atoms with Crippen molar-refractivity contribution >= 4 is 18.4 Å². The average molecular weight is 324 g/mol. The molecule has 0 amide bonds. The molecule has 0 bridgehead atoms. The van der Waals surface area contributed by atoms with Crippen molar-refractivity contribution in [2.75, 3.05) is 13.3 Å². The lowest BCUT2D eigenvalue weighted by molar-refractivity contribution is 0.0950. The summed E-state index contributed by atoms with van der Waals surface area (Å²) >= 11 is 0. The monoisotopic (exact) mass is 323 g/mol. The first kappa shape index (κ1) is 15.1. The zero-order valence-electron chi connectivity index (χ0n) is 13.8. The van der Waals surface area contributed by atoms with Crippen LogP contribution < -0.4 is 10.4 Å². The standard InChI is InChI=1S/C20H25NOSi/c1-23(17-9-4-2-5-10-17,18-11-6-3-7-12-18)15-20-19-13-8-14-21(19)16-22-20/h2-7,9-12,19-20H,8,13-16H2,1H3/t19-,20+/m0/s1. The molecule has 2 saturated heterocycles. The number of ether oxygens (including phenoxy) is 1. The zero-order valence-corrected chi connectivity index (χ0v) is 14.8. The van der Waals surface area contributed by atoms with Gasteiger partial charge in [0, 0.05) is 12.6 Å². The smallest absolute Gasteiger partial charge is 0.117 e. The van der Waals surface area contributed by atoms with Gasteiger partial charge >= 0.3 is 0 Å². The van der Waals surface area contributed by atoms with Crippen LogP contribution in [-0.2, 0) is 4.74 Å². The van der Waals surface area contributed by atoms with Gasteiger partial charge in [0.25, 0.3) is 0 Å². The number of benzene rings is 2. The third-order valence-corrected chi connectivity index (χ3v) is 10.2. The molecule has 2 aliphatic heterocycles. The van der Waals surface area contributed by atoms with Crippen molar-refractivity contribution in [1.29, 1.82) is 0 Å². The molecule has 2 heterocycles. The van der Waals surface area contributed by atoms with Gasteiger partial charge in [-0.25, -0.2) is 0 Å². The van der Waals surface area contributed by atoms with Crippen LogP contribution in [0.25, 0.3) is 0 Å². The number of fused-ring (bicyclic) bond motifs is 1. The second-order valence-electron chi connectivity index (χ2n) is 7.12. The summed E-state index contributed by atoms with van der Waals surface area (Å²) in [5, 5.41) is 3.04. The van der Waals surface area contributed by atoms with E-state index in [1.54, 1.807) is 0 Å². The van der Waals surface area contributed by atoms with Gasteiger partial charge in [-0.05, 0) is 18.9 Å². The zero-order chi connectivity index (χ0) is 15.7. The molecule has 2 atom stereocenters. The molecule has 2 aromatic carbocycles. The van der Waals surface area contributed by atoms with Crippen molar-refractivity contribution in [1.82, 2.24) is 4.90 Å². The molecule has 2 fully saturated rings. The molecule has 120 valence electrons. The van der Waals surface area contributed by atoms with Gasteiger partial charge in [-0.3, -0.25) is 4.90 Å². The van der Waals surface area contributed by atoms with Gasteiger partial charge in [-0.1, -0.05) is 77.6 Å². The molecule has 0 unspecified atom stereocenters. The minimum absolute atomic E-state index is 0.398. The third-order valence-electron chi connectivity index (χ3n) is 5.73. The van der Waals surface area contributed by atoms with E-state index in [1.165, 1.54) is 35.8 Å². The van der Waals surface area contributed by atoms with E-state index in [4.69, 9.17) is 4.74 Å². The third kappa shape index (κ3) is 2.78. The molecular weight excluding hydrogens is 298 g/mol. The van der Waals surface area contributed by atoms with Crippen molar-refractivity contribution < 1.29 is 4.74 Å². The first-order valence-electron chi connectivity index (χ1n) is 8.74. The molecule has 0 aliphatic carbocycles. The highest BCUT2D eigenvalue weighted by Gasteiger charge is 2.43. The normalized spacial score (nSPS) is 24.7. The van der Waals surface area contributed by atoms with E-state index in [1.807, 2.05) is 0 Å². The van der Waals surface area contributed by atoms with Crippen molar-refractivity contribution in [3.63, 3.8) is 0 Å². The fourth-order valence-corrected chi connectivity index (χ4v) is 8.20. The summed E-state index contributed by atoms with van der Waals surface area (Å²) in [5.41, 5.74) is 0. The summed E-state index contributed by atoms with van der Waals surface area (Å²) in [4.78, 5) is 2.54. The first-order chi connectivity index (χ1) is 11.3. The van der Waals surface area contributed by atoms with Gasteiger partial charge in [0.2, 0.25) is 0 Å². The lowest BCUT2D eigenvalue weighted by Gasteiger charge is -2.32. The predicted octanol–water partition coefficient (Wildman–Crippen LogP) is 2.70. The summed E-state index contributed by atoms with van der Waals surface area (Å²) in [5.74, 6) is 0. The van der Waals surface area contributed by atoms with Gasteiger partial charge in [-0.15, -0.1) is 0 Å². The molecule has 3 heteroatoms. The first-order valence-corrected chi connectivity index (χ1v) is 11.4. The van der Waals surface area contributed by atoms with Crippen molar-refractivity contribution in [2.45, 2.75) is 37.6 Å². The van der Waals surface area contributed by atoms with E-state index in [0.717, 1.165) is 6.73 Å². The molecule has 0 radical (unpaired) electrons. The molecule has 2 aliphatic rings. The lowest BCUT2D eigenvalue weighted by Crippen LogP contribution is -2.58. The molecule has 0 N–H and O–H groups in total. The topological polar surface area (TPSA) is 12.5 Å². The molecule has 2 aromatic rings. The molecule has 2 nitrogen and oxygen atoms in total. The van der Waals surface area contributed by atoms with Crippen molar-refractivity contribution in [3.8, 4) is 0 Å². The number of hydrogen-bond acceptors (Lipinski definition) is 2. The van der Waals surface area contributed by atoms with Crippen LogP contribution in [0.4, 0.5) is 0 Å². The highest BCUT2D eigenvalue weighted by molar-refractivity contribution is 7.01. The number of nitrogens with zero attached hydrogens (tertiary/aromatic N) is 1. The van der Waals surface area contributed by atoms with E-state index in [0.29, 0.717) is 12.1 Å². The Morgan fingerprint density at radius 2 is 1.61 bits per heavy atom. The van der Waals surface area contributed by atoms with E-state index in [-0.39, 0.29) is 0 Å². The Bertz CT molecular complexity index is 606. The Hall–Kier alpha value is -1.42. The maximum atomic E-state index is 6.22. The fraction of sp³-hybridized carbons (Fsp3) is 0.400. The highest BCUT2D eigenvalue weighted by atomic mass is 28.3. The fourth-order valence-electron chi connectivity index (χ4n) is 4.35. The summed E-state index contributed by atoms with van der Waals surface area (Å²) in [6, 6.07) is 24.1. The van der Waals surface area contributed by atoms with E-state index in [9.17, 15) is 0 Å². The van der Waals surface area contributed by atoms with Crippen LogP contribution in [0, 0.1) is 0 Å². The predicted molar refractivity (Wildman–Crippen MR) is 98.0 cm³/mol. The maximum Gasteiger partial charge on any atom is 0.117 e. The largest absolute Gasteiger partial charge is 0.361 e. The second kappa shape index (κ2) is 6.23. The average Bonchev–Trinajstić information content (AvgIpc) is 3.21. The summed E-state index contributed by atoms with van der Waals surface area (Å²) in [6.07, 6.45) is 3.03. The minimum Gasteiger partial charge on any atom is -0.361 e. The Labute approximate surface area is 140 Å². The van der Waals surface area contributed by atoms with Crippen LogP contribution in [0.1, 0.15) is 12.8 Å².